The summed E-state index contributed by atoms with van der Waals surface area (Å²) in [6.07, 6.45) is 9.22. The van der Waals surface area contributed by atoms with Crippen molar-refractivity contribution in [1.82, 2.24) is 20.4 Å². The van der Waals surface area contributed by atoms with Crippen LogP contribution in [0.3, 0.4) is 0 Å². The van der Waals surface area contributed by atoms with Gasteiger partial charge in [0, 0.05) is 50.8 Å². The van der Waals surface area contributed by atoms with Crippen molar-refractivity contribution >= 4 is 35.6 Å². The number of aryl methyl sites for hydroxylation is 1. The highest BCUT2D eigenvalue weighted by Gasteiger charge is 2.07. The average Bonchev–Trinajstić information content (AvgIpc) is 3.37. The maximum absolute atomic E-state index is 4.72. The molecule has 7 heteroatoms. The van der Waals surface area contributed by atoms with Crippen molar-refractivity contribution in [3.63, 3.8) is 0 Å². The fraction of sp³-hybridized carbons (Fsp3) is 0.400. The number of hydrogen-bond donors (Lipinski definition) is 2. The molecule has 0 saturated heterocycles. The quantitative estimate of drug-likeness (QED) is 0.201. The number of aromatic nitrogens is 2. The lowest BCUT2D eigenvalue weighted by atomic mass is 10.2. The van der Waals surface area contributed by atoms with Crippen LogP contribution in [0.5, 0.6) is 0 Å². The SMILES string of the molecule is CCNC(=NCc1cccc(N2CC=CC2)c1)NCCCn1cccn1.I. The highest BCUT2D eigenvalue weighted by atomic mass is 127. The zero-order valence-electron chi connectivity index (χ0n) is 15.8. The molecular weight excluding hydrogens is 451 g/mol. The maximum Gasteiger partial charge on any atom is 0.191 e. The standard InChI is InChI=1S/C20H28N6.HI/c1-2-21-20(22-10-6-14-26-15-7-11-24-26)23-17-18-8-5-9-19(16-18)25-12-3-4-13-25;/h3-5,7-9,11,15-16H,2,6,10,12-14,17H2,1H3,(H2,21,22,23);1H. The molecule has 2 heterocycles. The van der Waals surface area contributed by atoms with Crippen LogP contribution in [0, 0.1) is 0 Å². The predicted molar refractivity (Wildman–Crippen MR) is 123 cm³/mol. The summed E-state index contributed by atoms with van der Waals surface area (Å²) in [5.41, 5.74) is 2.49. The fourth-order valence-corrected chi connectivity index (χ4v) is 2.93. The first-order valence-electron chi connectivity index (χ1n) is 9.33. The van der Waals surface area contributed by atoms with E-state index in [0.29, 0.717) is 6.54 Å². The Morgan fingerprint density at radius 3 is 2.78 bits per heavy atom. The lowest BCUT2D eigenvalue weighted by Gasteiger charge is -2.18. The van der Waals surface area contributed by atoms with E-state index in [4.69, 9.17) is 4.99 Å². The predicted octanol–water partition coefficient (Wildman–Crippen LogP) is 3.02. The smallest absolute Gasteiger partial charge is 0.191 e. The summed E-state index contributed by atoms with van der Waals surface area (Å²) in [5, 5.41) is 10.9. The van der Waals surface area contributed by atoms with E-state index in [1.54, 1.807) is 0 Å². The Hall–Kier alpha value is -2.03. The number of hydrogen-bond acceptors (Lipinski definition) is 3. The minimum atomic E-state index is 0. The lowest BCUT2D eigenvalue weighted by molar-refractivity contribution is 0.570. The average molecular weight is 480 g/mol. The number of nitrogens with zero attached hydrogens (tertiary/aromatic N) is 4. The van der Waals surface area contributed by atoms with Gasteiger partial charge < -0.3 is 15.5 Å². The molecule has 0 aliphatic carbocycles. The Morgan fingerprint density at radius 2 is 2.04 bits per heavy atom. The van der Waals surface area contributed by atoms with Gasteiger partial charge in [0.15, 0.2) is 5.96 Å². The molecule has 1 aliphatic rings. The molecule has 0 saturated carbocycles. The first kappa shape index (κ1) is 21.3. The summed E-state index contributed by atoms with van der Waals surface area (Å²) in [6.45, 7) is 7.37. The molecule has 0 bridgehead atoms. The molecule has 6 nitrogen and oxygen atoms in total. The Balaban J connectivity index is 0.00000261. The second-order valence-electron chi connectivity index (χ2n) is 6.29. The van der Waals surface area contributed by atoms with Gasteiger partial charge in [-0.25, -0.2) is 4.99 Å². The van der Waals surface area contributed by atoms with Crippen LogP contribution in [0.4, 0.5) is 5.69 Å². The van der Waals surface area contributed by atoms with E-state index >= 15 is 0 Å². The molecule has 2 N–H and O–H groups in total. The third-order valence-corrected chi connectivity index (χ3v) is 4.27. The van der Waals surface area contributed by atoms with Crippen molar-refractivity contribution in [3.8, 4) is 0 Å². The van der Waals surface area contributed by atoms with Gasteiger partial charge in [-0.05, 0) is 37.1 Å². The van der Waals surface area contributed by atoms with Crippen molar-refractivity contribution < 1.29 is 0 Å². The molecule has 0 radical (unpaired) electrons. The van der Waals surface area contributed by atoms with E-state index in [-0.39, 0.29) is 24.0 Å². The molecule has 0 unspecified atom stereocenters. The Bertz CT molecular complexity index is 718. The van der Waals surface area contributed by atoms with E-state index in [9.17, 15) is 0 Å². The third kappa shape index (κ3) is 6.89. The van der Waals surface area contributed by atoms with Gasteiger partial charge in [0.05, 0.1) is 6.54 Å². The number of guanidine groups is 1. The molecule has 3 rings (SSSR count). The number of anilines is 1. The largest absolute Gasteiger partial charge is 0.364 e. The van der Waals surface area contributed by atoms with Gasteiger partial charge in [-0.1, -0.05) is 24.3 Å². The van der Waals surface area contributed by atoms with Crippen molar-refractivity contribution in [2.24, 2.45) is 4.99 Å². The van der Waals surface area contributed by atoms with Crippen LogP contribution in [-0.2, 0) is 13.1 Å². The van der Waals surface area contributed by atoms with Crippen LogP contribution in [0.15, 0.2) is 59.9 Å². The molecule has 0 spiro atoms. The first-order valence-corrected chi connectivity index (χ1v) is 9.33. The molecule has 1 aromatic heterocycles. The van der Waals surface area contributed by atoms with Crippen molar-refractivity contribution in [3.05, 3.63) is 60.4 Å². The van der Waals surface area contributed by atoms with Crippen LogP contribution in [-0.4, -0.2) is 41.9 Å². The molecular formula is C20H29IN6. The zero-order chi connectivity index (χ0) is 18.0. The molecule has 0 amide bonds. The fourth-order valence-electron chi connectivity index (χ4n) is 2.93. The van der Waals surface area contributed by atoms with Crippen LogP contribution in [0.25, 0.3) is 0 Å². The third-order valence-electron chi connectivity index (χ3n) is 4.27. The Morgan fingerprint density at radius 1 is 1.19 bits per heavy atom. The monoisotopic (exact) mass is 480 g/mol. The molecule has 2 aromatic rings. The molecule has 27 heavy (non-hydrogen) atoms. The topological polar surface area (TPSA) is 57.5 Å². The van der Waals surface area contributed by atoms with Crippen LogP contribution < -0.4 is 15.5 Å². The lowest BCUT2D eigenvalue weighted by Crippen LogP contribution is -2.38. The summed E-state index contributed by atoms with van der Waals surface area (Å²) in [6, 6.07) is 10.6. The Kier molecular flexibility index (Phi) is 9.17. The highest BCUT2D eigenvalue weighted by molar-refractivity contribution is 14.0. The summed E-state index contributed by atoms with van der Waals surface area (Å²) in [5.74, 6) is 0.862. The van der Waals surface area contributed by atoms with E-state index in [1.165, 1.54) is 11.3 Å². The zero-order valence-corrected chi connectivity index (χ0v) is 18.2. The minimum absolute atomic E-state index is 0. The van der Waals surface area contributed by atoms with Gasteiger partial charge in [-0.15, -0.1) is 24.0 Å². The molecule has 1 aliphatic heterocycles. The van der Waals surface area contributed by atoms with Gasteiger partial charge in [-0.2, -0.15) is 5.10 Å². The maximum atomic E-state index is 4.72. The number of rotatable bonds is 8. The molecule has 0 fully saturated rings. The number of halogens is 1. The van der Waals surface area contributed by atoms with Crippen molar-refractivity contribution in [2.45, 2.75) is 26.4 Å². The van der Waals surface area contributed by atoms with Gasteiger partial charge in [0.25, 0.3) is 0 Å². The van der Waals surface area contributed by atoms with Crippen LogP contribution in [0.2, 0.25) is 0 Å². The van der Waals surface area contributed by atoms with Gasteiger partial charge in [-0.3, -0.25) is 4.68 Å². The molecule has 0 atom stereocenters. The normalized spacial score (nSPS) is 13.5. The minimum Gasteiger partial charge on any atom is -0.364 e. The summed E-state index contributed by atoms with van der Waals surface area (Å²) < 4.78 is 1.95. The number of nitrogens with one attached hydrogen (secondary N) is 2. The van der Waals surface area contributed by atoms with Gasteiger partial charge in [0.2, 0.25) is 0 Å². The van der Waals surface area contributed by atoms with E-state index in [1.807, 2.05) is 23.1 Å². The second kappa shape index (κ2) is 11.6. The van der Waals surface area contributed by atoms with Crippen LogP contribution in [0.1, 0.15) is 18.9 Å². The molecule has 1 aromatic carbocycles. The first-order chi connectivity index (χ1) is 12.8. The highest BCUT2D eigenvalue weighted by Crippen LogP contribution is 2.18. The summed E-state index contributed by atoms with van der Waals surface area (Å²) >= 11 is 0. The Labute approximate surface area is 178 Å². The number of aliphatic imine (C=N–C) groups is 1. The van der Waals surface area contributed by atoms with Crippen molar-refractivity contribution in [2.75, 3.05) is 31.1 Å². The van der Waals surface area contributed by atoms with E-state index in [0.717, 1.165) is 45.1 Å². The van der Waals surface area contributed by atoms with Crippen LogP contribution >= 0.6 is 24.0 Å². The van der Waals surface area contributed by atoms with E-state index in [2.05, 4.69) is 64.0 Å². The van der Waals surface area contributed by atoms with Crippen molar-refractivity contribution in [1.29, 1.82) is 0 Å². The van der Waals surface area contributed by atoms with Gasteiger partial charge >= 0.3 is 0 Å². The van der Waals surface area contributed by atoms with Gasteiger partial charge in [0.1, 0.15) is 0 Å². The summed E-state index contributed by atoms with van der Waals surface area (Å²) in [4.78, 5) is 7.08. The van der Waals surface area contributed by atoms with E-state index < -0.39 is 0 Å². The number of benzene rings is 1. The second-order valence-corrected chi connectivity index (χ2v) is 6.29. The summed E-state index contributed by atoms with van der Waals surface area (Å²) in [7, 11) is 0. The molecule has 146 valence electrons.